The monoisotopic (exact) mass is 802 g/mol. The maximum absolute atomic E-state index is 13.4. The van der Waals surface area contributed by atoms with Gasteiger partial charge in [-0.1, -0.05) is 0 Å². The lowest BCUT2D eigenvalue weighted by Crippen LogP contribution is -2.52. The highest BCUT2D eigenvalue weighted by molar-refractivity contribution is 6.06. The first-order chi connectivity index (χ1) is 28.7. The smallest absolute Gasteiger partial charge is 0.255 e. The number of carbonyl (C=O) groups is 3. The van der Waals surface area contributed by atoms with E-state index in [4.69, 9.17) is 9.47 Å². The van der Waals surface area contributed by atoms with Gasteiger partial charge in [0.05, 0.1) is 30.6 Å². The summed E-state index contributed by atoms with van der Waals surface area (Å²) in [5, 5.41) is 11.2. The number of methoxy groups -OCH3 is 1. The third-order valence-electron chi connectivity index (χ3n) is 13.7. The number of benzene rings is 2. The molecule has 0 bridgehead atoms. The van der Waals surface area contributed by atoms with E-state index in [1.54, 1.807) is 18.3 Å². The van der Waals surface area contributed by atoms with Gasteiger partial charge in [0.15, 0.2) is 0 Å². The predicted molar refractivity (Wildman–Crippen MR) is 223 cm³/mol. The molecule has 15 nitrogen and oxygen atoms in total. The highest BCUT2D eigenvalue weighted by Crippen LogP contribution is 2.42. The van der Waals surface area contributed by atoms with E-state index in [1.807, 2.05) is 24.3 Å². The van der Waals surface area contributed by atoms with E-state index in [-0.39, 0.29) is 23.8 Å². The molecule has 0 radical (unpaired) electrons. The Hall–Kier alpha value is -5.28. The largest absolute Gasteiger partial charge is 0.494 e. The molecular formula is C44H54N10O5. The quantitative estimate of drug-likeness (QED) is 0.210. The molecule has 0 spiro atoms. The van der Waals surface area contributed by atoms with Crippen LogP contribution in [-0.2, 0) is 16.1 Å². The highest BCUT2D eigenvalue weighted by Gasteiger charge is 2.42. The van der Waals surface area contributed by atoms with Crippen molar-refractivity contribution >= 4 is 40.1 Å². The standard InChI is InChI=1S/C44H54N10O5/c1-44(12-13-44)59-30-3-5-34-32(21-30)40(49-48-34)35-22-38(46-27-45-35)53-16-11-29(25-53)24-51-19-17-50(18-20-51)23-28-9-14-52(15-10-28)36-6-4-31-33(41(36)58-2)26-54(43(31)57)37-7-8-39(55)47-42(37)56/h3-6,21-22,27-29,37H,7-20,23-26H2,1-2H3,(H,48,49)(H,47,55,56)/t29-,37?/m0/s1. The number of hydrogen-bond acceptors (Lipinski definition) is 12. The fourth-order valence-corrected chi connectivity index (χ4v) is 9.97. The van der Waals surface area contributed by atoms with Gasteiger partial charge < -0.3 is 34.0 Å². The molecule has 310 valence electrons. The number of ether oxygens (including phenoxy) is 2. The van der Waals surface area contributed by atoms with E-state index >= 15 is 0 Å². The summed E-state index contributed by atoms with van der Waals surface area (Å²) >= 11 is 0. The first-order valence-corrected chi connectivity index (χ1v) is 21.5. The lowest BCUT2D eigenvalue weighted by Gasteiger charge is -2.40. The van der Waals surface area contributed by atoms with E-state index in [2.05, 4.69) is 64.1 Å². The van der Waals surface area contributed by atoms with Crippen molar-refractivity contribution in [3.05, 3.63) is 53.9 Å². The zero-order chi connectivity index (χ0) is 40.3. The molecule has 7 heterocycles. The van der Waals surface area contributed by atoms with E-state index in [1.165, 1.54) is 0 Å². The number of rotatable bonds is 11. The summed E-state index contributed by atoms with van der Waals surface area (Å²) in [5.41, 5.74) is 5.00. The zero-order valence-corrected chi connectivity index (χ0v) is 34.1. The van der Waals surface area contributed by atoms with Crippen LogP contribution in [0, 0.1) is 11.8 Å². The number of H-pyrrole nitrogens is 1. The summed E-state index contributed by atoms with van der Waals surface area (Å²) in [7, 11) is 1.66. The van der Waals surface area contributed by atoms with Gasteiger partial charge in [0.1, 0.15) is 41.0 Å². The molecule has 2 aromatic heterocycles. The molecule has 5 fully saturated rings. The van der Waals surface area contributed by atoms with E-state index < -0.39 is 11.9 Å². The van der Waals surface area contributed by atoms with Gasteiger partial charge in [-0.05, 0) is 87.6 Å². The maximum atomic E-state index is 13.4. The Labute approximate surface area is 344 Å². The van der Waals surface area contributed by atoms with E-state index in [0.717, 1.165) is 148 Å². The van der Waals surface area contributed by atoms with E-state index in [0.29, 0.717) is 30.4 Å². The second-order valence-corrected chi connectivity index (χ2v) is 17.8. The summed E-state index contributed by atoms with van der Waals surface area (Å²) in [6.07, 6.45) is 7.80. The number of amides is 3. The van der Waals surface area contributed by atoms with Crippen LogP contribution in [0.25, 0.3) is 22.3 Å². The van der Waals surface area contributed by atoms with Crippen molar-refractivity contribution in [3.8, 4) is 22.9 Å². The summed E-state index contributed by atoms with van der Waals surface area (Å²) < 4.78 is 12.2. The van der Waals surface area contributed by atoms with E-state index in [9.17, 15) is 14.4 Å². The number of aromatic amines is 1. The van der Waals surface area contributed by atoms with Gasteiger partial charge >= 0.3 is 0 Å². The van der Waals surface area contributed by atoms with Crippen molar-refractivity contribution in [1.82, 2.24) is 40.2 Å². The van der Waals surface area contributed by atoms with Crippen LogP contribution in [0.3, 0.4) is 0 Å². The van der Waals surface area contributed by atoms with Crippen molar-refractivity contribution in [2.45, 2.75) is 70.1 Å². The summed E-state index contributed by atoms with van der Waals surface area (Å²) in [6, 6.07) is 11.5. The first-order valence-electron chi connectivity index (χ1n) is 21.5. The summed E-state index contributed by atoms with van der Waals surface area (Å²) in [5.74, 6) is 2.94. The van der Waals surface area contributed by atoms with Crippen LogP contribution in [-0.4, -0.2) is 137 Å². The molecule has 59 heavy (non-hydrogen) atoms. The van der Waals surface area contributed by atoms with Gasteiger partial charge in [-0.2, -0.15) is 5.10 Å². The Morgan fingerprint density at radius 1 is 0.847 bits per heavy atom. The molecule has 3 amide bonds. The first kappa shape index (κ1) is 38.0. The lowest BCUT2D eigenvalue weighted by molar-refractivity contribution is -0.136. The number of nitrogens with zero attached hydrogens (tertiary/aromatic N) is 8. The minimum Gasteiger partial charge on any atom is -0.494 e. The van der Waals surface area contributed by atoms with Gasteiger partial charge in [-0.15, -0.1) is 0 Å². The zero-order valence-electron chi connectivity index (χ0n) is 34.1. The van der Waals surface area contributed by atoms with Crippen LogP contribution in [0.4, 0.5) is 11.5 Å². The van der Waals surface area contributed by atoms with Crippen molar-refractivity contribution in [3.63, 3.8) is 0 Å². The average Bonchev–Trinajstić information content (AvgIpc) is 3.54. The average molecular weight is 803 g/mol. The number of imide groups is 1. The van der Waals surface area contributed by atoms with Gasteiger partial charge in [-0.3, -0.25) is 24.8 Å². The molecule has 6 aliphatic rings. The third kappa shape index (κ3) is 7.58. The van der Waals surface area contributed by atoms with Crippen molar-refractivity contribution < 1.29 is 23.9 Å². The number of anilines is 2. The van der Waals surface area contributed by atoms with Gasteiger partial charge in [0.2, 0.25) is 11.8 Å². The summed E-state index contributed by atoms with van der Waals surface area (Å²) in [4.78, 5) is 58.7. The fourth-order valence-electron chi connectivity index (χ4n) is 9.97. The Balaban J connectivity index is 0.689. The van der Waals surface area contributed by atoms with Crippen molar-refractivity contribution in [1.29, 1.82) is 0 Å². The molecule has 1 unspecified atom stereocenters. The highest BCUT2D eigenvalue weighted by atomic mass is 16.5. The molecule has 10 rings (SSSR count). The molecule has 4 aromatic rings. The minimum atomic E-state index is -0.641. The Bertz CT molecular complexity index is 2260. The number of nitrogens with one attached hydrogen (secondary N) is 2. The second kappa shape index (κ2) is 15.4. The molecule has 15 heteroatoms. The third-order valence-corrected chi connectivity index (χ3v) is 13.7. The summed E-state index contributed by atoms with van der Waals surface area (Å²) in [6.45, 7) is 13.0. The van der Waals surface area contributed by atoms with Gasteiger partial charge in [0, 0.05) is 94.4 Å². The number of aromatic nitrogens is 4. The predicted octanol–water partition coefficient (Wildman–Crippen LogP) is 4.08. The molecule has 1 saturated carbocycles. The molecule has 4 saturated heterocycles. The topological polar surface area (TPSA) is 152 Å². The van der Waals surface area contributed by atoms with Crippen LogP contribution >= 0.6 is 0 Å². The number of hydrogen-bond donors (Lipinski definition) is 2. The molecule has 2 atom stereocenters. The molecule has 2 N–H and O–H groups in total. The SMILES string of the molecule is COc1c(N2CCC(CN3CCN(C[C@@H]4CCN(c5cc(-c6n[nH]c7ccc(OC8(C)CC8)cc67)ncn5)C4)CC3)CC2)ccc2c1CN(C1CCC(=O)NC1=O)C2=O. The number of carbonyl (C=O) groups excluding carboxylic acids is 3. The number of fused-ring (bicyclic) bond motifs is 2. The van der Waals surface area contributed by atoms with Gasteiger partial charge in [-0.25, -0.2) is 9.97 Å². The fraction of sp³-hybridized carbons (Fsp3) is 0.545. The van der Waals surface area contributed by atoms with Crippen LogP contribution in [0.1, 0.15) is 67.8 Å². The Morgan fingerprint density at radius 3 is 2.34 bits per heavy atom. The normalized spacial score (nSPS) is 23.9. The van der Waals surface area contributed by atoms with Crippen LogP contribution in [0.15, 0.2) is 42.7 Å². The Kier molecular flexibility index (Phi) is 9.90. The van der Waals surface area contributed by atoms with Crippen molar-refractivity contribution in [2.75, 3.05) is 82.4 Å². The minimum absolute atomic E-state index is 0.0408. The number of piperazine rings is 1. The Morgan fingerprint density at radius 2 is 1.59 bits per heavy atom. The van der Waals surface area contributed by atoms with Crippen LogP contribution in [0.5, 0.6) is 11.5 Å². The van der Waals surface area contributed by atoms with Gasteiger partial charge in [0.25, 0.3) is 5.91 Å². The second-order valence-electron chi connectivity index (χ2n) is 17.8. The van der Waals surface area contributed by atoms with Crippen LogP contribution in [0.2, 0.25) is 0 Å². The molecule has 2 aromatic carbocycles. The van der Waals surface area contributed by atoms with Crippen molar-refractivity contribution in [2.24, 2.45) is 11.8 Å². The lowest BCUT2D eigenvalue weighted by atomic mass is 9.95. The van der Waals surface area contributed by atoms with Crippen LogP contribution < -0.4 is 24.6 Å². The maximum Gasteiger partial charge on any atom is 0.255 e. The number of piperidine rings is 2. The molecule has 5 aliphatic heterocycles. The molecular weight excluding hydrogens is 749 g/mol. The molecule has 1 aliphatic carbocycles.